The van der Waals surface area contributed by atoms with E-state index in [0.717, 1.165) is 50.2 Å². The van der Waals surface area contributed by atoms with Gasteiger partial charge in [-0.25, -0.2) is 0 Å². The van der Waals surface area contributed by atoms with Gasteiger partial charge in [0.25, 0.3) is 0 Å². The molecule has 1 spiro atoms. The normalized spacial score (nSPS) is 39.4. The first kappa shape index (κ1) is 23.8. The zero-order valence-electron chi connectivity index (χ0n) is 22.4. The third kappa shape index (κ3) is 3.92. The fraction of sp³-hybridized carbons (Fsp3) is 0.667. The van der Waals surface area contributed by atoms with E-state index in [1.54, 1.807) is 5.57 Å². The molecule has 35 heavy (non-hydrogen) atoms. The number of fused-ring (bicyclic) bond motifs is 4. The number of rotatable bonds is 2. The number of hydrogen-bond donors (Lipinski definition) is 0. The zero-order valence-corrected chi connectivity index (χ0v) is 22.4. The van der Waals surface area contributed by atoms with E-state index in [1.807, 2.05) is 11.6 Å². The number of benzene rings is 1. The summed E-state index contributed by atoms with van der Waals surface area (Å²) in [5.74, 6) is 3.30. The summed E-state index contributed by atoms with van der Waals surface area (Å²) in [5.41, 5.74) is 9.88. The van der Waals surface area contributed by atoms with E-state index in [9.17, 15) is 0 Å². The average Bonchev–Trinajstić information content (AvgIpc) is 3.15. The molecule has 4 aliphatic carbocycles. The maximum Gasteiger partial charge on any atom is 0.169 e. The molecule has 2 nitrogen and oxygen atoms in total. The molecule has 2 heteroatoms. The minimum absolute atomic E-state index is 0.132. The van der Waals surface area contributed by atoms with Crippen LogP contribution in [-0.4, -0.2) is 19.0 Å². The molecule has 0 radical (unpaired) electrons. The van der Waals surface area contributed by atoms with Gasteiger partial charge >= 0.3 is 0 Å². The lowest BCUT2D eigenvalue weighted by molar-refractivity contribution is -0.312. The van der Waals surface area contributed by atoms with Crippen LogP contribution in [0.25, 0.3) is 6.08 Å². The van der Waals surface area contributed by atoms with E-state index in [2.05, 4.69) is 64.3 Å². The summed E-state index contributed by atoms with van der Waals surface area (Å²) >= 11 is 0. The Balaban J connectivity index is 1.37. The second kappa shape index (κ2) is 8.47. The largest absolute Gasteiger partial charge is 0.349 e. The summed E-state index contributed by atoms with van der Waals surface area (Å²) in [5, 5.41) is 0. The third-order valence-corrected chi connectivity index (χ3v) is 10.9. The summed E-state index contributed by atoms with van der Waals surface area (Å²) in [7, 11) is 0. The van der Waals surface area contributed by atoms with Gasteiger partial charge in [-0.15, -0.1) is 5.73 Å². The molecule has 6 rings (SSSR count). The van der Waals surface area contributed by atoms with Gasteiger partial charge in [0, 0.05) is 24.2 Å². The van der Waals surface area contributed by atoms with Crippen molar-refractivity contribution >= 4 is 6.08 Å². The highest BCUT2D eigenvalue weighted by Gasteiger charge is 2.57. The predicted octanol–water partition coefficient (Wildman–Crippen LogP) is 8.30. The summed E-state index contributed by atoms with van der Waals surface area (Å²) in [6.07, 6.45) is 12.0. The van der Waals surface area contributed by atoms with E-state index < -0.39 is 0 Å². The Morgan fingerprint density at radius 1 is 0.971 bits per heavy atom. The van der Waals surface area contributed by atoms with E-state index in [4.69, 9.17) is 9.47 Å². The van der Waals surface area contributed by atoms with Crippen molar-refractivity contribution in [1.29, 1.82) is 0 Å². The van der Waals surface area contributed by atoms with Crippen molar-refractivity contribution in [3.05, 3.63) is 58.8 Å². The SMILES string of the molecule is C=C=Cc1ccc(C2CC3(C)C(C)CCC3C3CCC4CC5(CCC4=C23)OCC(C)(C)CO5)cc1. The molecule has 1 aliphatic heterocycles. The summed E-state index contributed by atoms with van der Waals surface area (Å²) in [6, 6.07) is 9.32. The molecule has 1 heterocycles. The van der Waals surface area contributed by atoms with Crippen LogP contribution >= 0.6 is 0 Å². The fourth-order valence-electron chi connectivity index (χ4n) is 8.72. The van der Waals surface area contributed by atoms with E-state index in [1.165, 1.54) is 43.2 Å². The van der Waals surface area contributed by atoms with Crippen molar-refractivity contribution in [3.63, 3.8) is 0 Å². The first-order valence-electron chi connectivity index (χ1n) is 14.2. The fourth-order valence-corrected chi connectivity index (χ4v) is 8.72. The Morgan fingerprint density at radius 3 is 2.43 bits per heavy atom. The van der Waals surface area contributed by atoms with Crippen molar-refractivity contribution in [1.82, 2.24) is 0 Å². The monoisotopic (exact) mass is 472 g/mol. The lowest BCUT2D eigenvalue weighted by Crippen LogP contribution is -2.51. The molecule has 4 fully saturated rings. The van der Waals surface area contributed by atoms with Crippen LogP contribution in [0, 0.1) is 34.5 Å². The van der Waals surface area contributed by atoms with Gasteiger partial charge < -0.3 is 9.47 Å². The maximum atomic E-state index is 6.49. The van der Waals surface area contributed by atoms with Gasteiger partial charge in [0.1, 0.15) is 0 Å². The minimum atomic E-state index is -0.337. The van der Waals surface area contributed by atoms with Crippen LogP contribution in [0.4, 0.5) is 0 Å². The van der Waals surface area contributed by atoms with Crippen LogP contribution in [0.15, 0.2) is 47.7 Å². The zero-order chi connectivity index (χ0) is 24.4. The Kier molecular flexibility index (Phi) is 5.76. The molecule has 5 aliphatic rings. The van der Waals surface area contributed by atoms with Crippen LogP contribution in [-0.2, 0) is 9.47 Å². The lowest BCUT2D eigenvalue weighted by atomic mass is 9.51. The smallest absolute Gasteiger partial charge is 0.169 e. The van der Waals surface area contributed by atoms with Crippen molar-refractivity contribution in [3.8, 4) is 0 Å². The summed E-state index contributed by atoms with van der Waals surface area (Å²) in [6.45, 7) is 15.1. The van der Waals surface area contributed by atoms with Crippen LogP contribution in [0.3, 0.4) is 0 Å². The Morgan fingerprint density at radius 2 is 1.71 bits per heavy atom. The second-order valence-electron chi connectivity index (χ2n) is 13.6. The van der Waals surface area contributed by atoms with Crippen molar-refractivity contribution in [2.45, 2.75) is 90.8 Å². The molecule has 0 bridgehead atoms. The number of allylic oxidation sites excluding steroid dienone is 2. The highest BCUT2D eigenvalue weighted by atomic mass is 16.7. The molecule has 1 saturated heterocycles. The molecule has 0 N–H and O–H groups in total. The first-order valence-corrected chi connectivity index (χ1v) is 14.2. The Bertz CT molecular complexity index is 1050. The molecule has 0 amide bonds. The quantitative estimate of drug-likeness (QED) is 0.318. The van der Waals surface area contributed by atoms with Gasteiger partial charge in [0.2, 0.25) is 0 Å². The lowest BCUT2D eigenvalue weighted by Gasteiger charge is -2.55. The van der Waals surface area contributed by atoms with E-state index in [0.29, 0.717) is 17.3 Å². The molecule has 3 saturated carbocycles. The molecule has 6 atom stereocenters. The van der Waals surface area contributed by atoms with Crippen LogP contribution < -0.4 is 0 Å². The molecular formula is C33H44O2. The van der Waals surface area contributed by atoms with Crippen LogP contribution in [0.5, 0.6) is 0 Å². The molecule has 1 aromatic rings. The first-order chi connectivity index (χ1) is 16.7. The van der Waals surface area contributed by atoms with Crippen molar-refractivity contribution in [2.24, 2.45) is 34.5 Å². The summed E-state index contributed by atoms with van der Waals surface area (Å²) < 4.78 is 13.0. The topological polar surface area (TPSA) is 18.5 Å². The highest BCUT2D eigenvalue weighted by molar-refractivity contribution is 5.50. The van der Waals surface area contributed by atoms with Crippen LogP contribution in [0.2, 0.25) is 0 Å². The van der Waals surface area contributed by atoms with Gasteiger partial charge in [-0.1, -0.05) is 69.7 Å². The van der Waals surface area contributed by atoms with Gasteiger partial charge in [-0.05, 0) is 84.8 Å². The van der Waals surface area contributed by atoms with Crippen molar-refractivity contribution < 1.29 is 9.47 Å². The average molecular weight is 473 g/mol. The van der Waals surface area contributed by atoms with Gasteiger partial charge in [-0.2, -0.15) is 0 Å². The van der Waals surface area contributed by atoms with E-state index >= 15 is 0 Å². The molecule has 0 aromatic heterocycles. The van der Waals surface area contributed by atoms with Crippen LogP contribution in [0.1, 0.15) is 96.1 Å². The van der Waals surface area contributed by atoms with Gasteiger partial charge in [-0.3, -0.25) is 0 Å². The molecule has 188 valence electrons. The molecule has 1 aromatic carbocycles. The molecular weight excluding hydrogens is 428 g/mol. The number of ether oxygens (including phenoxy) is 2. The third-order valence-electron chi connectivity index (χ3n) is 10.9. The van der Waals surface area contributed by atoms with Crippen molar-refractivity contribution in [2.75, 3.05) is 13.2 Å². The maximum absolute atomic E-state index is 6.49. The van der Waals surface area contributed by atoms with Gasteiger partial charge in [0.15, 0.2) is 5.79 Å². The van der Waals surface area contributed by atoms with Gasteiger partial charge in [0.05, 0.1) is 13.2 Å². The predicted molar refractivity (Wildman–Crippen MR) is 143 cm³/mol. The standard InChI is InChI=1S/C33H44O2/c1-6-7-23-9-11-24(12-10-23)28-19-32(5)22(2)8-15-29(32)27-14-13-25-18-33(17-16-26(25)30(27)28)34-20-31(3,4)21-35-33/h7,9-12,22,25,27-29H,1,8,13-21H2,2-5H3. The second-order valence-corrected chi connectivity index (χ2v) is 13.6. The summed E-state index contributed by atoms with van der Waals surface area (Å²) in [4.78, 5) is 0. The molecule has 6 unspecified atom stereocenters. The van der Waals surface area contributed by atoms with E-state index in [-0.39, 0.29) is 11.2 Å². The Labute approximate surface area is 212 Å². The number of hydrogen-bond acceptors (Lipinski definition) is 2. The highest BCUT2D eigenvalue weighted by Crippen LogP contribution is 2.66. The Hall–Kier alpha value is -1.60. The minimum Gasteiger partial charge on any atom is -0.349 e.